The molecule has 0 aliphatic carbocycles. The minimum absolute atomic E-state index is 0.000105. The highest BCUT2D eigenvalue weighted by Gasteiger charge is 2.23. The molecular weight excluding hydrogens is 380 g/mol. The number of anilines is 2. The second-order valence-electron chi connectivity index (χ2n) is 7.71. The van der Waals surface area contributed by atoms with Gasteiger partial charge in [-0.25, -0.2) is 0 Å². The first-order chi connectivity index (χ1) is 14.5. The number of carbonyl (C=O) groups is 2. The normalized spacial score (nSPS) is 15.1. The number of fused-ring (bicyclic) bond motifs is 1. The SMILES string of the molecule is CC(=O)Nc1cncc(-c2ccc3nnc(NC(=O)C4CCN(C)CC4)cc3c2)c1. The summed E-state index contributed by atoms with van der Waals surface area (Å²) in [5.41, 5.74) is 3.18. The van der Waals surface area contributed by atoms with E-state index in [1.165, 1.54) is 6.92 Å². The fourth-order valence-electron chi connectivity index (χ4n) is 3.65. The van der Waals surface area contributed by atoms with Crippen LogP contribution in [0.25, 0.3) is 22.0 Å². The summed E-state index contributed by atoms with van der Waals surface area (Å²) in [4.78, 5) is 30.3. The third-order valence-electron chi connectivity index (χ3n) is 5.32. The molecule has 154 valence electrons. The molecular formula is C22H24N6O2. The highest BCUT2D eigenvalue weighted by molar-refractivity contribution is 5.94. The molecule has 0 radical (unpaired) electrons. The van der Waals surface area contributed by atoms with Crippen molar-refractivity contribution in [2.24, 2.45) is 5.92 Å². The summed E-state index contributed by atoms with van der Waals surface area (Å²) in [6.45, 7) is 3.32. The van der Waals surface area contributed by atoms with E-state index in [0.29, 0.717) is 11.5 Å². The van der Waals surface area contributed by atoms with E-state index in [1.54, 1.807) is 12.4 Å². The second-order valence-corrected chi connectivity index (χ2v) is 7.71. The van der Waals surface area contributed by atoms with Crippen LogP contribution in [0.3, 0.4) is 0 Å². The summed E-state index contributed by atoms with van der Waals surface area (Å²) >= 11 is 0. The molecule has 0 atom stereocenters. The lowest BCUT2D eigenvalue weighted by Crippen LogP contribution is -2.36. The molecule has 3 aromatic rings. The van der Waals surface area contributed by atoms with Crippen molar-refractivity contribution in [1.82, 2.24) is 20.1 Å². The zero-order valence-electron chi connectivity index (χ0n) is 17.1. The molecule has 1 fully saturated rings. The van der Waals surface area contributed by atoms with Gasteiger partial charge in [0.25, 0.3) is 0 Å². The second kappa shape index (κ2) is 8.54. The standard InChI is InChI=1S/C22H24N6O2/c1-14(29)24-19-10-18(12-23-13-19)16-3-4-20-17(9-16)11-21(27-26-20)25-22(30)15-5-7-28(2)8-6-15/h3-4,9-13,15H,5-8H2,1-2H3,(H,24,29)(H,25,27,30). The number of nitrogens with one attached hydrogen (secondary N) is 2. The zero-order valence-corrected chi connectivity index (χ0v) is 17.1. The van der Waals surface area contributed by atoms with Crippen LogP contribution in [0.15, 0.2) is 42.7 Å². The number of rotatable bonds is 4. The van der Waals surface area contributed by atoms with Crippen LogP contribution in [0.4, 0.5) is 11.5 Å². The van der Waals surface area contributed by atoms with Gasteiger partial charge in [-0.15, -0.1) is 10.2 Å². The fourth-order valence-corrected chi connectivity index (χ4v) is 3.65. The maximum atomic E-state index is 12.6. The molecule has 30 heavy (non-hydrogen) atoms. The first kappa shape index (κ1) is 19.9. The first-order valence-corrected chi connectivity index (χ1v) is 9.98. The number of benzene rings is 1. The Morgan fingerprint density at radius 2 is 1.80 bits per heavy atom. The molecule has 4 rings (SSSR count). The van der Waals surface area contributed by atoms with Crippen LogP contribution in [0, 0.1) is 5.92 Å². The van der Waals surface area contributed by atoms with Gasteiger partial charge < -0.3 is 15.5 Å². The molecule has 2 aromatic heterocycles. The molecule has 1 aliphatic rings. The number of amides is 2. The molecule has 0 spiro atoms. The average molecular weight is 404 g/mol. The Kier molecular flexibility index (Phi) is 5.67. The minimum atomic E-state index is -0.146. The van der Waals surface area contributed by atoms with Crippen LogP contribution in [-0.4, -0.2) is 52.0 Å². The number of carbonyl (C=O) groups excluding carboxylic acids is 2. The van der Waals surface area contributed by atoms with Crippen LogP contribution in [0.2, 0.25) is 0 Å². The molecule has 1 saturated heterocycles. The molecule has 0 bridgehead atoms. The van der Waals surface area contributed by atoms with Gasteiger partial charge in [-0.3, -0.25) is 14.6 Å². The summed E-state index contributed by atoms with van der Waals surface area (Å²) < 4.78 is 0. The maximum absolute atomic E-state index is 12.6. The van der Waals surface area contributed by atoms with Crippen LogP contribution < -0.4 is 10.6 Å². The number of aromatic nitrogens is 3. The number of hydrogen-bond donors (Lipinski definition) is 2. The summed E-state index contributed by atoms with van der Waals surface area (Å²) in [6.07, 6.45) is 5.05. The van der Waals surface area contributed by atoms with Gasteiger partial charge in [0.2, 0.25) is 11.8 Å². The molecule has 8 nitrogen and oxygen atoms in total. The Hall–Kier alpha value is -3.39. The summed E-state index contributed by atoms with van der Waals surface area (Å²) in [5, 5.41) is 14.9. The van der Waals surface area contributed by atoms with Crippen LogP contribution in [0.1, 0.15) is 19.8 Å². The summed E-state index contributed by atoms with van der Waals surface area (Å²) in [6, 6.07) is 9.49. The van der Waals surface area contributed by atoms with Crippen molar-refractivity contribution in [3.63, 3.8) is 0 Å². The van der Waals surface area contributed by atoms with E-state index in [0.717, 1.165) is 48.0 Å². The molecule has 1 aliphatic heterocycles. The van der Waals surface area contributed by atoms with Gasteiger partial charge in [0.15, 0.2) is 5.82 Å². The highest BCUT2D eigenvalue weighted by Crippen LogP contribution is 2.26. The van der Waals surface area contributed by atoms with E-state index in [-0.39, 0.29) is 17.7 Å². The van der Waals surface area contributed by atoms with Crippen LogP contribution in [0.5, 0.6) is 0 Å². The predicted molar refractivity (Wildman–Crippen MR) is 116 cm³/mol. The van der Waals surface area contributed by atoms with E-state index in [9.17, 15) is 9.59 Å². The van der Waals surface area contributed by atoms with Gasteiger partial charge in [0.1, 0.15) is 0 Å². The summed E-state index contributed by atoms with van der Waals surface area (Å²) in [5.74, 6) is 0.314. The van der Waals surface area contributed by atoms with E-state index >= 15 is 0 Å². The molecule has 1 aromatic carbocycles. The highest BCUT2D eigenvalue weighted by atomic mass is 16.2. The zero-order chi connectivity index (χ0) is 21.1. The number of nitrogens with zero attached hydrogens (tertiary/aromatic N) is 4. The van der Waals surface area contributed by atoms with Crippen molar-refractivity contribution in [3.05, 3.63) is 42.7 Å². The average Bonchev–Trinajstić information content (AvgIpc) is 2.73. The third kappa shape index (κ3) is 4.60. The van der Waals surface area contributed by atoms with Crippen molar-refractivity contribution in [1.29, 1.82) is 0 Å². The van der Waals surface area contributed by atoms with Crippen molar-refractivity contribution < 1.29 is 9.59 Å². The Balaban J connectivity index is 1.55. The smallest absolute Gasteiger partial charge is 0.228 e. The summed E-state index contributed by atoms with van der Waals surface area (Å²) in [7, 11) is 2.07. The minimum Gasteiger partial charge on any atom is -0.325 e. The van der Waals surface area contributed by atoms with Crippen LogP contribution >= 0.6 is 0 Å². The van der Waals surface area contributed by atoms with E-state index in [1.807, 2.05) is 30.3 Å². The molecule has 2 amide bonds. The molecule has 8 heteroatoms. The van der Waals surface area contributed by atoms with Gasteiger partial charge >= 0.3 is 0 Å². The lowest BCUT2D eigenvalue weighted by molar-refractivity contribution is -0.121. The lowest BCUT2D eigenvalue weighted by atomic mass is 9.96. The van der Waals surface area contributed by atoms with Crippen molar-refractivity contribution >= 4 is 34.2 Å². The molecule has 0 saturated carbocycles. The topological polar surface area (TPSA) is 100 Å². The van der Waals surface area contributed by atoms with Gasteiger partial charge in [0.05, 0.1) is 17.4 Å². The number of hydrogen-bond acceptors (Lipinski definition) is 6. The van der Waals surface area contributed by atoms with Crippen molar-refractivity contribution in [2.75, 3.05) is 30.8 Å². The third-order valence-corrected chi connectivity index (χ3v) is 5.32. The fraction of sp³-hybridized carbons (Fsp3) is 0.318. The number of piperidine rings is 1. The molecule has 0 unspecified atom stereocenters. The molecule has 3 heterocycles. The maximum Gasteiger partial charge on any atom is 0.228 e. The largest absolute Gasteiger partial charge is 0.325 e. The van der Waals surface area contributed by atoms with E-state index < -0.39 is 0 Å². The predicted octanol–water partition coefficient (Wildman–Crippen LogP) is 2.93. The quantitative estimate of drug-likeness (QED) is 0.694. The monoisotopic (exact) mass is 404 g/mol. The van der Waals surface area contributed by atoms with E-state index in [4.69, 9.17) is 0 Å². The lowest BCUT2D eigenvalue weighted by Gasteiger charge is -2.27. The van der Waals surface area contributed by atoms with Crippen LogP contribution in [-0.2, 0) is 9.59 Å². The Morgan fingerprint density at radius 1 is 1.00 bits per heavy atom. The van der Waals surface area contributed by atoms with Crippen molar-refractivity contribution in [2.45, 2.75) is 19.8 Å². The van der Waals surface area contributed by atoms with E-state index in [2.05, 4.69) is 37.8 Å². The van der Waals surface area contributed by atoms with Crippen molar-refractivity contribution in [3.8, 4) is 11.1 Å². The number of likely N-dealkylation sites (tertiary alicyclic amines) is 1. The van der Waals surface area contributed by atoms with Gasteiger partial charge in [-0.1, -0.05) is 6.07 Å². The first-order valence-electron chi connectivity index (χ1n) is 9.98. The van der Waals surface area contributed by atoms with Gasteiger partial charge in [-0.05, 0) is 62.8 Å². The molecule has 2 N–H and O–H groups in total. The Morgan fingerprint density at radius 3 is 2.57 bits per heavy atom. The Bertz CT molecular complexity index is 1090. The van der Waals surface area contributed by atoms with Gasteiger partial charge in [0, 0.05) is 30.0 Å². The van der Waals surface area contributed by atoms with Gasteiger partial charge in [-0.2, -0.15) is 0 Å². The number of pyridine rings is 1. The Labute approximate surface area is 174 Å².